The van der Waals surface area contributed by atoms with Gasteiger partial charge in [-0.2, -0.15) is 0 Å². The summed E-state index contributed by atoms with van der Waals surface area (Å²) in [6, 6.07) is 5.11. The van der Waals surface area contributed by atoms with Gasteiger partial charge in [-0.25, -0.2) is 13.6 Å². The number of sulfonamides is 1. The molecule has 1 unspecified atom stereocenters. The Bertz CT molecular complexity index is 540. The van der Waals surface area contributed by atoms with Gasteiger partial charge in [0.15, 0.2) is 0 Å². The number of hydrogen-bond donors (Lipinski definition) is 2. The molecule has 1 heterocycles. The van der Waals surface area contributed by atoms with Crippen LogP contribution >= 0.6 is 15.9 Å². The lowest BCUT2D eigenvalue weighted by molar-refractivity contribution is 0.144. The van der Waals surface area contributed by atoms with Gasteiger partial charge in [-0.15, -0.1) is 0 Å². The SMILES string of the molecule is NS(=O)(=O)c1ccc(NC2CCCOCC2)c(Br)c1. The van der Waals surface area contributed by atoms with E-state index < -0.39 is 10.0 Å². The molecular weight excluding hydrogens is 332 g/mol. The summed E-state index contributed by atoms with van der Waals surface area (Å²) in [5.74, 6) is 0. The van der Waals surface area contributed by atoms with Gasteiger partial charge in [-0.05, 0) is 53.4 Å². The minimum Gasteiger partial charge on any atom is -0.381 e. The monoisotopic (exact) mass is 348 g/mol. The van der Waals surface area contributed by atoms with Crippen LogP contribution in [0.4, 0.5) is 5.69 Å². The Balaban J connectivity index is 2.12. The zero-order valence-electron chi connectivity index (χ0n) is 10.4. The summed E-state index contributed by atoms with van der Waals surface area (Å²) in [6.45, 7) is 1.56. The van der Waals surface area contributed by atoms with Crippen LogP contribution in [0, 0.1) is 0 Å². The fourth-order valence-electron chi connectivity index (χ4n) is 2.06. The van der Waals surface area contributed by atoms with Crippen LogP contribution in [0.25, 0.3) is 0 Å². The molecule has 0 radical (unpaired) electrons. The van der Waals surface area contributed by atoms with Gasteiger partial charge in [0.05, 0.1) is 4.90 Å². The molecule has 1 atom stereocenters. The molecular formula is C12H17BrN2O3S. The first-order valence-corrected chi connectivity index (χ1v) is 8.47. The van der Waals surface area contributed by atoms with Gasteiger partial charge in [0.2, 0.25) is 10.0 Å². The van der Waals surface area contributed by atoms with Crippen LogP contribution in [0.2, 0.25) is 0 Å². The lowest BCUT2D eigenvalue weighted by Gasteiger charge is -2.18. The van der Waals surface area contributed by atoms with Crippen molar-refractivity contribution in [3.8, 4) is 0 Å². The highest BCUT2D eigenvalue weighted by Crippen LogP contribution is 2.27. The molecule has 5 nitrogen and oxygen atoms in total. The first-order valence-electron chi connectivity index (χ1n) is 6.13. The summed E-state index contributed by atoms with van der Waals surface area (Å²) in [5.41, 5.74) is 0.874. The first kappa shape index (κ1) is 14.8. The molecule has 19 heavy (non-hydrogen) atoms. The average Bonchev–Trinajstić information content (AvgIpc) is 2.59. The summed E-state index contributed by atoms with van der Waals surface area (Å²) >= 11 is 3.37. The van der Waals surface area contributed by atoms with Crippen molar-refractivity contribution in [1.29, 1.82) is 0 Å². The van der Waals surface area contributed by atoms with Crippen molar-refractivity contribution >= 4 is 31.6 Å². The van der Waals surface area contributed by atoms with Crippen molar-refractivity contribution < 1.29 is 13.2 Å². The Morgan fingerprint density at radius 2 is 2.11 bits per heavy atom. The van der Waals surface area contributed by atoms with Crippen LogP contribution in [0.1, 0.15) is 19.3 Å². The third-order valence-corrected chi connectivity index (χ3v) is 4.65. The molecule has 0 aliphatic carbocycles. The van der Waals surface area contributed by atoms with Crippen LogP contribution in [0.15, 0.2) is 27.6 Å². The minimum atomic E-state index is -3.66. The molecule has 0 bridgehead atoms. The first-order chi connectivity index (χ1) is 8.97. The maximum atomic E-state index is 11.3. The fourth-order valence-corrected chi connectivity index (χ4v) is 3.24. The molecule has 1 fully saturated rings. The number of halogens is 1. The second-order valence-corrected chi connectivity index (χ2v) is 6.99. The molecule has 1 aromatic rings. The predicted octanol–water partition coefficient (Wildman–Crippen LogP) is 2.08. The Morgan fingerprint density at radius 3 is 2.79 bits per heavy atom. The molecule has 106 valence electrons. The van der Waals surface area contributed by atoms with E-state index in [1.54, 1.807) is 6.07 Å². The Labute approximate surface area is 121 Å². The third-order valence-electron chi connectivity index (χ3n) is 3.08. The number of primary sulfonamides is 1. The highest BCUT2D eigenvalue weighted by molar-refractivity contribution is 9.10. The molecule has 1 saturated heterocycles. The molecule has 1 aliphatic heterocycles. The number of rotatable bonds is 3. The van der Waals surface area contributed by atoms with Crippen molar-refractivity contribution in [3.05, 3.63) is 22.7 Å². The Morgan fingerprint density at radius 1 is 1.32 bits per heavy atom. The number of nitrogens with two attached hydrogens (primary N) is 1. The molecule has 0 saturated carbocycles. The second-order valence-electron chi connectivity index (χ2n) is 4.57. The van der Waals surface area contributed by atoms with Crippen LogP contribution in [-0.4, -0.2) is 27.7 Å². The minimum absolute atomic E-state index is 0.106. The number of benzene rings is 1. The van der Waals surface area contributed by atoms with Gasteiger partial charge in [0.1, 0.15) is 0 Å². The van der Waals surface area contributed by atoms with Gasteiger partial charge in [-0.3, -0.25) is 0 Å². The van der Waals surface area contributed by atoms with E-state index in [-0.39, 0.29) is 4.90 Å². The summed E-state index contributed by atoms with van der Waals surface area (Å²) in [7, 11) is -3.66. The summed E-state index contributed by atoms with van der Waals surface area (Å²) in [5, 5.41) is 8.50. The molecule has 0 aromatic heterocycles. The van der Waals surface area contributed by atoms with Gasteiger partial charge < -0.3 is 10.1 Å². The summed E-state index contributed by atoms with van der Waals surface area (Å²) in [4.78, 5) is 0.106. The highest BCUT2D eigenvalue weighted by atomic mass is 79.9. The molecule has 0 spiro atoms. The van der Waals surface area contributed by atoms with E-state index in [9.17, 15) is 8.42 Å². The Kier molecular flexibility index (Phi) is 4.83. The lowest BCUT2D eigenvalue weighted by Crippen LogP contribution is -2.20. The van der Waals surface area contributed by atoms with Gasteiger partial charge in [-0.1, -0.05) is 0 Å². The summed E-state index contributed by atoms with van der Waals surface area (Å²) in [6.07, 6.45) is 3.03. The molecule has 1 aromatic carbocycles. The van der Waals surface area contributed by atoms with Gasteiger partial charge in [0.25, 0.3) is 0 Å². The largest absolute Gasteiger partial charge is 0.381 e. The third kappa shape index (κ3) is 4.17. The van der Waals surface area contributed by atoms with Crippen molar-refractivity contribution in [1.82, 2.24) is 0 Å². The second kappa shape index (κ2) is 6.21. The van der Waals surface area contributed by atoms with E-state index in [0.717, 1.165) is 38.2 Å². The number of anilines is 1. The molecule has 1 aliphatic rings. The molecule has 2 rings (SSSR count). The topological polar surface area (TPSA) is 81.4 Å². The maximum Gasteiger partial charge on any atom is 0.238 e. The van der Waals surface area contributed by atoms with Crippen LogP contribution in [-0.2, 0) is 14.8 Å². The van der Waals surface area contributed by atoms with Crippen molar-refractivity contribution in [2.75, 3.05) is 18.5 Å². The number of ether oxygens (including phenoxy) is 1. The Hall–Kier alpha value is -0.630. The fraction of sp³-hybridized carbons (Fsp3) is 0.500. The number of nitrogens with one attached hydrogen (secondary N) is 1. The smallest absolute Gasteiger partial charge is 0.238 e. The molecule has 0 amide bonds. The highest BCUT2D eigenvalue weighted by Gasteiger charge is 2.15. The van der Waals surface area contributed by atoms with E-state index in [1.807, 2.05) is 0 Å². The van der Waals surface area contributed by atoms with E-state index >= 15 is 0 Å². The number of hydrogen-bond acceptors (Lipinski definition) is 4. The van der Waals surface area contributed by atoms with Gasteiger partial charge in [0, 0.05) is 29.4 Å². The van der Waals surface area contributed by atoms with Crippen molar-refractivity contribution in [2.45, 2.75) is 30.2 Å². The zero-order valence-corrected chi connectivity index (χ0v) is 12.8. The normalized spacial score (nSPS) is 20.8. The van der Waals surface area contributed by atoms with E-state index in [1.165, 1.54) is 12.1 Å². The van der Waals surface area contributed by atoms with Crippen LogP contribution in [0.3, 0.4) is 0 Å². The lowest BCUT2D eigenvalue weighted by atomic mass is 10.1. The van der Waals surface area contributed by atoms with Crippen molar-refractivity contribution in [2.24, 2.45) is 5.14 Å². The van der Waals surface area contributed by atoms with Crippen molar-refractivity contribution in [3.63, 3.8) is 0 Å². The van der Waals surface area contributed by atoms with E-state index in [0.29, 0.717) is 10.5 Å². The molecule has 3 N–H and O–H groups in total. The quantitative estimate of drug-likeness (QED) is 0.875. The summed E-state index contributed by atoms with van der Waals surface area (Å²) < 4.78 is 28.6. The zero-order chi connectivity index (χ0) is 13.9. The maximum absolute atomic E-state index is 11.3. The predicted molar refractivity (Wildman–Crippen MR) is 77.6 cm³/mol. The average molecular weight is 349 g/mol. The standard InChI is InChI=1S/C12H17BrN2O3S/c13-11-8-10(19(14,16)17)3-4-12(11)15-9-2-1-6-18-7-5-9/h3-4,8-9,15H,1-2,5-7H2,(H2,14,16,17). The van der Waals surface area contributed by atoms with Gasteiger partial charge >= 0.3 is 0 Å². The van der Waals surface area contributed by atoms with Crippen LogP contribution in [0.5, 0.6) is 0 Å². The van der Waals surface area contributed by atoms with Crippen LogP contribution < -0.4 is 10.5 Å². The molecule has 7 heteroatoms. The van der Waals surface area contributed by atoms with E-state index in [2.05, 4.69) is 21.2 Å². The van der Waals surface area contributed by atoms with E-state index in [4.69, 9.17) is 9.88 Å².